The number of phenols is 1. The minimum absolute atomic E-state index is 0.0923. The van der Waals surface area contributed by atoms with Gasteiger partial charge in [0, 0.05) is 27.4 Å². The number of halogens is 1. The van der Waals surface area contributed by atoms with E-state index in [1.165, 1.54) is 12.1 Å². The van der Waals surface area contributed by atoms with E-state index in [-0.39, 0.29) is 5.56 Å². The van der Waals surface area contributed by atoms with Crippen molar-refractivity contribution >= 4 is 33.7 Å². The molecule has 0 saturated heterocycles. The van der Waals surface area contributed by atoms with Crippen LogP contribution in [0.15, 0.2) is 52.0 Å². The molecule has 9 nitrogen and oxygen atoms in total. The number of hydrogen-bond donors (Lipinski definition) is 2. The average Bonchev–Trinajstić information content (AvgIpc) is 3.00. The third-order valence-corrected chi connectivity index (χ3v) is 4.73. The maximum atomic E-state index is 12.4. The number of carbonyl (C=O) groups is 1. The van der Waals surface area contributed by atoms with Gasteiger partial charge in [-0.2, -0.15) is 10.2 Å². The second kappa shape index (κ2) is 8.87. The first-order chi connectivity index (χ1) is 14.2. The van der Waals surface area contributed by atoms with Crippen molar-refractivity contribution in [3.8, 4) is 5.75 Å². The van der Waals surface area contributed by atoms with E-state index in [0.717, 1.165) is 23.2 Å². The molecule has 0 atom stereocenters. The Morgan fingerprint density at radius 2 is 2.10 bits per heavy atom. The summed E-state index contributed by atoms with van der Waals surface area (Å²) in [5.41, 5.74) is 5.24. The van der Waals surface area contributed by atoms with Gasteiger partial charge in [0.25, 0.3) is 5.91 Å². The minimum Gasteiger partial charge on any atom is -0.502 e. The van der Waals surface area contributed by atoms with Crippen molar-refractivity contribution in [1.82, 2.24) is 15.2 Å². The fraction of sp³-hybridized carbons (Fsp3) is 0.150. The highest BCUT2D eigenvalue weighted by Crippen LogP contribution is 2.32. The smallest absolute Gasteiger partial charge is 0.312 e. The summed E-state index contributed by atoms with van der Waals surface area (Å²) in [7, 11) is 0. The van der Waals surface area contributed by atoms with Crippen molar-refractivity contribution in [2.45, 2.75) is 20.4 Å². The fourth-order valence-corrected chi connectivity index (χ4v) is 3.35. The summed E-state index contributed by atoms with van der Waals surface area (Å²) in [4.78, 5) is 22.7. The lowest BCUT2D eigenvalue weighted by atomic mass is 10.1. The van der Waals surface area contributed by atoms with Crippen molar-refractivity contribution in [3.63, 3.8) is 0 Å². The second-order valence-corrected chi connectivity index (χ2v) is 7.52. The van der Waals surface area contributed by atoms with E-state index in [9.17, 15) is 20.0 Å². The number of aryl methyl sites for hydroxylation is 2. The van der Waals surface area contributed by atoms with E-state index >= 15 is 0 Å². The van der Waals surface area contributed by atoms with Gasteiger partial charge in [0.05, 0.1) is 23.4 Å². The zero-order valence-electron chi connectivity index (χ0n) is 16.2. The molecule has 0 aliphatic carbocycles. The number of phenolic OH excluding ortho intramolecular Hbond substituents is 1. The number of nitro groups is 1. The minimum atomic E-state index is -0.704. The van der Waals surface area contributed by atoms with Gasteiger partial charge >= 0.3 is 5.69 Å². The molecule has 0 spiro atoms. The van der Waals surface area contributed by atoms with Crippen LogP contribution in [0, 0.1) is 24.0 Å². The average molecular weight is 472 g/mol. The molecule has 3 rings (SSSR count). The summed E-state index contributed by atoms with van der Waals surface area (Å²) in [6, 6.07) is 11.7. The Hall–Kier alpha value is -3.53. The van der Waals surface area contributed by atoms with Gasteiger partial charge in [0.1, 0.15) is 0 Å². The zero-order chi connectivity index (χ0) is 21.8. The molecule has 0 bridgehead atoms. The summed E-state index contributed by atoms with van der Waals surface area (Å²) in [6.45, 7) is 4.41. The number of nitrogens with zero attached hydrogens (tertiary/aromatic N) is 4. The Kier molecular flexibility index (Phi) is 6.26. The lowest BCUT2D eigenvalue weighted by molar-refractivity contribution is -0.385. The quantitative estimate of drug-likeness (QED) is 0.322. The van der Waals surface area contributed by atoms with E-state index in [0.29, 0.717) is 16.6 Å². The number of aromatic nitrogens is 2. The summed E-state index contributed by atoms with van der Waals surface area (Å²) in [6.07, 6.45) is 1.14. The number of carbonyl (C=O) groups excluding carboxylic acids is 1. The predicted octanol–water partition coefficient (Wildman–Crippen LogP) is 3.69. The van der Waals surface area contributed by atoms with Crippen molar-refractivity contribution < 1.29 is 14.8 Å². The van der Waals surface area contributed by atoms with Crippen LogP contribution in [-0.4, -0.2) is 31.9 Å². The van der Waals surface area contributed by atoms with Gasteiger partial charge < -0.3 is 5.11 Å². The Balaban J connectivity index is 1.73. The van der Waals surface area contributed by atoms with E-state index < -0.39 is 22.3 Å². The SMILES string of the molecule is Cc1cc(C)n(Cc2cccc(C(=O)N/N=C/c3cc(Br)cc([N+](=O)[O-])c3O)c2)n1. The van der Waals surface area contributed by atoms with Gasteiger partial charge in [-0.3, -0.25) is 19.6 Å². The third kappa shape index (κ3) is 4.90. The lowest BCUT2D eigenvalue weighted by Gasteiger charge is -2.07. The summed E-state index contributed by atoms with van der Waals surface area (Å²) in [5, 5.41) is 29.2. The Bertz CT molecular complexity index is 1160. The monoisotopic (exact) mass is 471 g/mol. The molecule has 3 aromatic rings. The van der Waals surface area contributed by atoms with Crippen LogP contribution in [-0.2, 0) is 6.54 Å². The summed E-state index contributed by atoms with van der Waals surface area (Å²) >= 11 is 3.14. The molecule has 0 radical (unpaired) electrons. The fourth-order valence-electron chi connectivity index (χ4n) is 2.89. The normalized spacial score (nSPS) is 11.0. The van der Waals surface area contributed by atoms with Crippen LogP contribution in [0.5, 0.6) is 5.75 Å². The molecule has 10 heteroatoms. The van der Waals surface area contributed by atoms with Crippen LogP contribution in [0.1, 0.15) is 32.9 Å². The molecule has 2 aromatic carbocycles. The van der Waals surface area contributed by atoms with E-state index in [4.69, 9.17) is 0 Å². The number of aromatic hydroxyl groups is 1. The number of benzene rings is 2. The first-order valence-electron chi connectivity index (χ1n) is 8.85. The van der Waals surface area contributed by atoms with Crippen LogP contribution >= 0.6 is 15.9 Å². The molecule has 0 fully saturated rings. The molecule has 1 heterocycles. The van der Waals surface area contributed by atoms with Crippen LogP contribution < -0.4 is 5.43 Å². The number of hydrogen-bond acceptors (Lipinski definition) is 6. The topological polar surface area (TPSA) is 123 Å². The molecule has 0 saturated carbocycles. The first kappa shape index (κ1) is 21.2. The molecule has 0 aliphatic heterocycles. The largest absolute Gasteiger partial charge is 0.502 e. The number of nitrogens with one attached hydrogen (secondary N) is 1. The highest BCUT2D eigenvalue weighted by molar-refractivity contribution is 9.10. The Labute approximate surface area is 180 Å². The molecule has 1 aromatic heterocycles. The van der Waals surface area contributed by atoms with Crippen LogP contribution in [0.3, 0.4) is 0 Å². The second-order valence-electron chi connectivity index (χ2n) is 6.60. The predicted molar refractivity (Wildman–Crippen MR) is 115 cm³/mol. The molecule has 1 amide bonds. The lowest BCUT2D eigenvalue weighted by Crippen LogP contribution is -2.18. The van der Waals surface area contributed by atoms with Gasteiger partial charge in [-0.15, -0.1) is 0 Å². The van der Waals surface area contributed by atoms with Gasteiger partial charge in [-0.25, -0.2) is 5.43 Å². The molecule has 0 unspecified atom stereocenters. The molecule has 0 aliphatic rings. The number of rotatable bonds is 6. The van der Waals surface area contributed by atoms with E-state index in [1.54, 1.807) is 18.2 Å². The third-order valence-electron chi connectivity index (χ3n) is 4.28. The van der Waals surface area contributed by atoms with Gasteiger partial charge in [-0.1, -0.05) is 28.1 Å². The van der Waals surface area contributed by atoms with Gasteiger partial charge in [0.2, 0.25) is 5.75 Å². The number of nitro benzene ring substituents is 1. The molecular formula is C20H18BrN5O4. The summed E-state index contributed by atoms with van der Waals surface area (Å²) in [5.74, 6) is -0.987. The molecule has 2 N–H and O–H groups in total. The van der Waals surface area contributed by atoms with Gasteiger partial charge in [-0.05, 0) is 43.7 Å². The Morgan fingerprint density at radius 1 is 1.33 bits per heavy atom. The highest BCUT2D eigenvalue weighted by atomic mass is 79.9. The maximum Gasteiger partial charge on any atom is 0.312 e. The molecular weight excluding hydrogens is 454 g/mol. The van der Waals surface area contributed by atoms with Crippen molar-refractivity contribution in [2.75, 3.05) is 0 Å². The van der Waals surface area contributed by atoms with Crippen LogP contribution in [0.2, 0.25) is 0 Å². The van der Waals surface area contributed by atoms with Crippen molar-refractivity contribution in [3.05, 3.63) is 85.1 Å². The Morgan fingerprint density at radius 3 is 2.77 bits per heavy atom. The molecule has 154 valence electrons. The van der Waals surface area contributed by atoms with E-state index in [2.05, 4.69) is 31.6 Å². The first-order valence-corrected chi connectivity index (χ1v) is 9.64. The van der Waals surface area contributed by atoms with E-state index in [1.807, 2.05) is 30.7 Å². The van der Waals surface area contributed by atoms with Crippen molar-refractivity contribution in [2.24, 2.45) is 5.10 Å². The highest BCUT2D eigenvalue weighted by Gasteiger charge is 2.17. The van der Waals surface area contributed by atoms with Gasteiger partial charge in [0.15, 0.2) is 0 Å². The van der Waals surface area contributed by atoms with Crippen LogP contribution in [0.4, 0.5) is 5.69 Å². The maximum absolute atomic E-state index is 12.4. The number of amides is 1. The number of hydrazone groups is 1. The molecule has 30 heavy (non-hydrogen) atoms. The van der Waals surface area contributed by atoms with Crippen molar-refractivity contribution in [1.29, 1.82) is 0 Å². The summed E-state index contributed by atoms with van der Waals surface area (Å²) < 4.78 is 2.25. The zero-order valence-corrected chi connectivity index (χ0v) is 17.8. The standard InChI is InChI=1S/C20H18BrN5O4/c1-12-6-13(2)25(24-12)11-14-4-3-5-15(7-14)20(28)23-22-10-16-8-17(21)9-18(19(16)27)26(29)30/h3-10,27H,11H2,1-2H3,(H,23,28)/b22-10+. The van der Waals surface area contributed by atoms with Crippen LogP contribution in [0.25, 0.3) is 0 Å².